The van der Waals surface area contributed by atoms with Gasteiger partial charge in [-0.25, -0.2) is 0 Å². The lowest BCUT2D eigenvalue weighted by Crippen LogP contribution is -2.51. The van der Waals surface area contributed by atoms with E-state index in [1.54, 1.807) is 0 Å². The van der Waals surface area contributed by atoms with E-state index >= 15 is 0 Å². The first kappa shape index (κ1) is 110. The van der Waals surface area contributed by atoms with Crippen LogP contribution in [0.4, 0.5) is 0 Å². The first-order valence-electron chi connectivity index (χ1n) is 41.2. The molecule has 2 rings (SSSR count). The minimum Gasteiger partial charge on any atom is -0.481 e. The lowest BCUT2D eigenvalue weighted by atomic mass is 9.88. The quantitative estimate of drug-likeness (QED) is 0.0294. The largest absolute Gasteiger partial charge is 0.481 e. The molecular formula is C80H118N8O36S. The third-order valence-corrected chi connectivity index (χ3v) is 21.5. The number of imide groups is 1. The summed E-state index contributed by atoms with van der Waals surface area (Å²) in [4.78, 5) is 317. The number of carbonyl (C=O) groups excluding carboxylic acids is 15. The molecule has 0 saturated carbocycles. The maximum absolute atomic E-state index is 14.5. The third-order valence-electron chi connectivity index (χ3n) is 20.3. The summed E-state index contributed by atoms with van der Waals surface area (Å²) < 4.78 is 15.8. The molecule has 15 N–H and O–H groups in total. The molecule has 0 bridgehead atoms. The van der Waals surface area contributed by atoms with Crippen molar-refractivity contribution < 1.29 is 175 Å². The number of hydrogen-bond donors (Lipinski definition) is 15. The Bertz CT molecular complexity index is 3810. The maximum Gasteiger partial charge on any atom is 0.303 e. The van der Waals surface area contributed by atoms with E-state index in [0.29, 0.717) is 38.0 Å². The van der Waals surface area contributed by atoms with Crippen LogP contribution < -0.4 is 31.9 Å². The summed E-state index contributed by atoms with van der Waals surface area (Å²) in [6, 6.07) is -11.0. The molecule has 0 aliphatic carbocycles. The summed E-state index contributed by atoms with van der Waals surface area (Å²) in [6.07, 6.45) is -18.3. The zero-order valence-corrected chi connectivity index (χ0v) is 71.2. The highest BCUT2D eigenvalue weighted by Crippen LogP contribution is 2.28. The summed E-state index contributed by atoms with van der Waals surface area (Å²) in [5, 5.41) is 101. The fraction of sp³-hybridized carbons (Fsp3) is 0.700. The number of hydrogen-bond acceptors (Lipinski definition) is 28. The average Bonchev–Trinajstić information content (AvgIpc) is 1.70. The molecule has 125 heavy (non-hydrogen) atoms. The van der Waals surface area contributed by atoms with Crippen LogP contribution in [0.15, 0.2) is 0 Å². The molecule has 45 heteroatoms. The average molecular weight is 1800 g/mol. The van der Waals surface area contributed by atoms with Crippen molar-refractivity contribution in [3.63, 3.8) is 0 Å². The second-order valence-corrected chi connectivity index (χ2v) is 32.1. The predicted molar refractivity (Wildman–Crippen MR) is 430 cm³/mol. The Morgan fingerprint density at radius 3 is 1.14 bits per heavy atom. The highest BCUT2D eigenvalue weighted by atomic mass is 32.2. The molecule has 2 aliphatic rings. The van der Waals surface area contributed by atoms with Crippen LogP contribution in [0.2, 0.25) is 0 Å². The second-order valence-electron chi connectivity index (χ2n) is 30.8. The van der Waals surface area contributed by atoms with E-state index < -0.39 is 374 Å². The molecule has 12 atom stereocenters. The minimum atomic E-state index is -2.04. The van der Waals surface area contributed by atoms with Gasteiger partial charge >= 0.3 is 53.7 Å². The number of amides is 9. The van der Waals surface area contributed by atoms with Crippen molar-refractivity contribution in [2.45, 2.75) is 267 Å². The third kappa shape index (κ3) is 44.9. The van der Waals surface area contributed by atoms with Gasteiger partial charge in [0.25, 0.3) is 0 Å². The Balaban J connectivity index is 2.47. The summed E-state index contributed by atoms with van der Waals surface area (Å²) in [6.45, 7) is 5.38. The van der Waals surface area contributed by atoms with Gasteiger partial charge in [0.05, 0.1) is 61.3 Å². The number of rotatable bonds is 72. The van der Waals surface area contributed by atoms with Crippen LogP contribution in [0.5, 0.6) is 0 Å². The van der Waals surface area contributed by atoms with Crippen LogP contribution in [0, 0.1) is 29.6 Å². The van der Waals surface area contributed by atoms with Gasteiger partial charge in [-0.05, 0) is 95.8 Å². The molecule has 2 aliphatic heterocycles. The van der Waals surface area contributed by atoms with Crippen molar-refractivity contribution in [1.82, 2.24) is 41.7 Å². The van der Waals surface area contributed by atoms with Crippen molar-refractivity contribution >= 4 is 153 Å². The van der Waals surface area contributed by atoms with Gasteiger partial charge in [0.15, 0.2) is 34.7 Å². The van der Waals surface area contributed by atoms with Crippen LogP contribution in [0.3, 0.4) is 0 Å². The first-order valence-corrected chi connectivity index (χ1v) is 42.3. The molecule has 2 saturated heterocycles. The molecule has 0 aromatic heterocycles. The molecule has 700 valence electrons. The van der Waals surface area contributed by atoms with Crippen LogP contribution in [0.1, 0.15) is 220 Å². The molecule has 0 spiro atoms. The van der Waals surface area contributed by atoms with Gasteiger partial charge in [0.1, 0.15) is 12.6 Å². The number of methoxy groups -OCH3 is 1. The number of Topliss-reactive ketones (excluding diaryl/α,β-unsaturated/α-hetero) is 6. The molecular weight excluding hydrogens is 1680 g/mol. The Labute approximate surface area is 723 Å². The van der Waals surface area contributed by atoms with Crippen LogP contribution in [-0.4, -0.2) is 304 Å². The topological polar surface area (TPSA) is 698 Å². The summed E-state index contributed by atoms with van der Waals surface area (Å²) >= 11 is 1.14. The number of nitrogens with zero attached hydrogens (tertiary/aromatic N) is 2. The van der Waals surface area contributed by atoms with E-state index in [1.807, 2.05) is 20.8 Å². The van der Waals surface area contributed by atoms with Crippen molar-refractivity contribution in [2.75, 3.05) is 59.0 Å². The number of aliphatic carboxylic acids is 9. The molecule has 0 aromatic carbocycles. The highest BCUT2D eigenvalue weighted by molar-refractivity contribution is 8.00. The smallest absolute Gasteiger partial charge is 0.303 e. The molecule has 0 radical (unpaired) electrons. The van der Waals surface area contributed by atoms with Crippen molar-refractivity contribution in [2.24, 2.45) is 29.6 Å². The molecule has 2 heterocycles. The van der Waals surface area contributed by atoms with E-state index in [9.17, 15) is 161 Å². The molecule has 44 nitrogen and oxygen atoms in total. The molecule has 9 amide bonds. The number of carbonyl (C=O) groups is 24. The Morgan fingerprint density at radius 2 is 0.776 bits per heavy atom. The van der Waals surface area contributed by atoms with E-state index in [4.69, 9.17) is 14.2 Å². The fourth-order valence-electron chi connectivity index (χ4n) is 13.6. The lowest BCUT2D eigenvalue weighted by molar-refractivity contribution is -0.142. The Hall–Kier alpha value is -11.1. The zero-order valence-electron chi connectivity index (χ0n) is 70.4. The van der Waals surface area contributed by atoms with Crippen molar-refractivity contribution in [1.29, 1.82) is 0 Å². The van der Waals surface area contributed by atoms with Gasteiger partial charge in [0, 0.05) is 165 Å². The number of likely N-dealkylation sites (tertiary alicyclic amines) is 2. The maximum atomic E-state index is 14.5. The van der Waals surface area contributed by atoms with E-state index in [2.05, 4.69) is 31.9 Å². The number of thioether (sulfide) groups is 1. The molecule has 2 fully saturated rings. The van der Waals surface area contributed by atoms with E-state index in [0.717, 1.165) is 16.7 Å². The van der Waals surface area contributed by atoms with Gasteiger partial charge in [-0.3, -0.25) is 120 Å². The fourth-order valence-corrected chi connectivity index (χ4v) is 14.7. The number of ketones is 6. The highest BCUT2D eigenvalue weighted by Gasteiger charge is 2.42. The zero-order chi connectivity index (χ0) is 94.2. The molecule has 1 unspecified atom stereocenters. The van der Waals surface area contributed by atoms with Gasteiger partial charge in [0.2, 0.25) is 53.2 Å². The van der Waals surface area contributed by atoms with Gasteiger partial charge < -0.3 is 97.0 Å². The van der Waals surface area contributed by atoms with Crippen LogP contribution in [-0.2, 0) is 129 Å². The van der Waals surface area contributed by atoms with E-state index in [-0.39, 0.29) is 57.3 Å². The number of nitrogens with one attached hydrogen (secondary N) is 6. The van der Waals surface area contributed by atoms with Crippen molar-refractivity contribution in [3.8, 4) is 0 Å². The first-order chi connectivity index (χ1) is 58.9. The predicted octanol–water partition coefficient (Wildman–Crippen LogP) is 0.666. The summed E-state index contributed by atoms with van der Waals surface area (Å²) in [5.74, 6) is -35.1. The van der Waals surface area contributed by atoms with Gasteiger partial charge in [-0.15, -0.1) is 11.8 Å². The van der Waals surface area contributed by atoms with Gasteiger partial charge in [-0.1, -0.05) is 20.8 Å². The van der Waals surface area contributed by atoms with Crippen LogP contribution >= 0.6 is 11.8 Å². The monoisotopic (exact) mass is 1800 g/mol. The number of ether oxygens (including phenoxy) is 3. The lowest BCUT2D eigenvalue weighted by Gasteiger charge is -2.27. The number of carboxylic acid groups (broad SMARTS) is 9. The number of carboxylic acids is 9. The normalized spacial score (nSPS) is 16.1. The second kappa shape index (κ2) is 58.9. The standard InChI is InChI=1S/C80H118N8O36S/c1-5-8-56(89)54(37-44(2)3)86-79(120)55-9-6-30-87(55)65(97)43-124-32-7-10-57(90)49(15-24-70(106)107)82-75(116)46(12-21-67(100)101)39-59(92)51(17-26-72(110)111)84-77(118)48(14-23-69(104)105)41-61(94)53(19-28-74(114)115)85-78(119)47(13-22-68(102)103)40-60(93)52(18-27-73(112)113)83-76(117)45(11-20-66(98)99)38-58(91)50(16-25-71(108)109)81-63(95)29-31-88-64(96)42-62(80(88)121)125-36-35-123-34-33-122-4/h44-55,62H,5-43H2,1-4H3,(H,81,95)(H,82,116)(H,83,117)(H,84,118)(H,85,119)(H,86,120)(H,98,99)(H,100,101)(H,102,103)(H,104,105)(H,106,107)(H,108,109)(H,110,111)(H,112,113)(H,114,115)/t45-,46-,47-,48-,49+,50+,51+,52+,53+,54-,55-,62?/m0/s1. The Morgan fingerprint density at radius 1 is 0.416 bits per heavy atom. The van der Waals surface area contributed by atoms with E-state index in [1.165, 1.54) is 12.0 Å². The summed E-state index contributed by atoms with van der Waals surface area (Å²) in [7, 11) is 1.48. The summed E-state index contributed by atoms with van der Waals surface area (Å²) in [5.41, 5.74) is 0. The van der Waals surface area contributed by atoms with Crippen molar-refractivity contribution in [3.05, 3.63) is 0 Å². The SMILES string of the molecule is CCCC(=O)[C@H](CC(C)C)NC(=O)[C@@H]1CCCN1C(=O)COCCCC(=O)[C@@H](CCC(=O)O)NC(=O)[C@@H](CCC(=O)O)CC(=O)[C@@H](CCC(=O)O)NC(=O)[C@@H](CCC(=O)O)CC(=O)[C@@H](CCC(=O)O)NC(=O)[C@@H](CCC(=O)O)CC(=O)[C@@H](CCC(=O)O)NC(=O)[C@@H](CCC(=O)O)CC(=O)[C@@H](CCC(=O)O)NC(=O)CCN1C(=O)CC(SCCOCCOC)C1=O. The minimum absolute atomic E-state index is 0.0677. The molecule has 0 aromatic rings. The Kier molecular flexibility index (Phi) is 51.8. The van der Waals surface area contributed by atoms with Crippen LogP contribution in [0.25, 0.3) is 0 Å². The van der Waals surface area contributed by atoms with Gasteiger partial charge in [-0.2, -0.15) is 0 Å².